The first-order valence-corrected chi connectivity index (χ1v) is 8.48. The Morgan fingerprint density at radius 1 is 1.19 bits per heavy atom. The average molecular weight is 329 g/mol. The van der Waals surface area contributed by atoms with Crippen LogP contribution in [-0.2, 0) is 4.74 Å². The van der Waals surface area contributed by atoms with Crippen LogP contribution in [0.15, 0.2) is 18.2 Å². The van der Waals surface area contributed by atoms with E-state index < -0.39 is 0 Å². The maximum absolute atomic E-state index is 6.16. The standard InChI is InChI=1S/C16H22Cl2N2O/c17-12-7-11(8-13(18)9-12)15(10-19)20-5-6-21-16-4-2-1-3-14(16)20/h7-9,14-16H,1-6,10,19H2. The molecule has 0 radical (unpaired) electrons. The Labute approximate surface area is 136 Å². The van der Waals surface area contributed by atoms with E-state index in [9.17, 15) is 0 Å². The van der Waals surface area contributed by atoms with Gasteiger partial charge in [0.15, 0.2) is 0 Å². The number of rotatable bonds is 3. The van der Waals surface area contributed by atoms with E-state index in [0.717, 1.165) is 25.1 Å². The number of nitrogens with zero attached hydrogens (tertiary/aromatic N) is 1. The van der Waals surface area contributed by atoms with Gasteiger partial charge < -0.3 is 10.5 Å². The van der Waals surface area contributed by atoms with Crippen LogP contribution >= 0.6 is 23.2 Å². The molecular weight excluding hydrogens is 307 g/mol. The van der Waals surface area contributed by atoms with Crippen molar-refractivity contribution in [3.63, 3.8) is 0 Å². The first-order valence-electron chi connectivity index (χ1n) is 7.72. The van der Waals surface area contributed by atoms with Crippen LogP contribution in [-0.4, -0.2) is 36.7 Å². The summed E-state index contributed by atoms with van der Waals surface area (Å²) in [5.41, 5.74) is 7.20. The second kappa shape index (κ2) is 6.84. The minimum Gasteiger partial charge on any atom is -0.375 e. The van der Waals surface area contributed by atoms with E-state index in [1.807, 2.05) is 12.1 Å². The molecule has 3 unspecified atom stereocenters. The number of fused-ring (bicyclic) bond motifs is 1. The zero-order valence-electron chi connectivity index (χ0n) is 12.1. The molecule has 1 aliphatic heterocycles. The van der Waals surface area contributed by atoms with E-state index in [-0.39, 0.29) is 6.04 Å². The lowest BCUT2D eigenvalue weighted by Crippen LogP contribution is -2.54. The predicted molar refractivity (Wildman–Crippen MR) is 87.0 cm³/mol. The quantitative estimate of drug-likeness (QED) is 0.920. The molecule has 116 valence electrons. The average Bonchev–Trinajstić information content (AvgIpc) is 2.47. The summed E-state index contributed by atoms with van der Waals surface area (Å²) in [6.45, 7) is 2.28. The minimum absolute atomic E-state index is 0.163. The van der Waals surface area contributed by atoms with E-state index in [1.54, 1.807) is 6.07 Å². The summed E-state index contributed by atoms with van der Waals surface area (Å²) in [6.07, 6.45) is 5.25. The Kier molecular flexibility index (Phi) is 5.07. The number of ether oxygens (including phenoxy) is 1. The molecule has 0 amide bonds. The first kappa shape index (κ1) is 15.6. The van der Waals surface area contributed by atoms with Gasteiger partial charge in [0.2, 0.25) is 0 Å². The molecule has 1 aromatic rings. The number of hydrogen-bond donors (Lipinski definition) is 1. The molecule has 0 bridgehead atoms. The molecule has 0 spiro atoms. The number of halogens is 2. The molecular formula is C16H22Cl2N2O. The minimum atomic E-state index is 0.163. The van der Waals surface area contributed by atoms with Crippen LogP contribution in [0.3, 0.4) is 0 Å². The van der Waals surface area contributed by atoms with Gasteiger partial charge in [-0.1, -0.05) is 36.0 Å². The summed E-state index contributed by atoms with van der Waals surface area (Å²) < 4.78 is 5.96. The molecule has 1 aromatic carbocycles. The van der Waals surface area contributed by atoms with Crippen molar-refractivity contribution in [2.75, 3.05) is 19.7 Å². The fourth-order valence-electron chi connectivity index (χ4n) is 3.74. The molecule has 3 atom stereocenters. The van der Waals surface area contributed by atoms with Crippen molar-refractivity contribution in [1.82, 2.24) is 4.90 Å². The number of benzene rings is 1. The number of hydrogen-bond acceptors (Lipinski definition) is 3. The largest absolute Gasteiger partial charge is 0.375 e. The third-order valence-corrected chi connectivity index (χ3v) is 5.10. The Morgan fingerprint density at radius 2 is 1.90 bits per heavy atom. The van der Waals surface area contributed by atoms with Gasteiger partial charge in [-0.15, -0.1) is 0 Å². The molecule has 21 heavy (non-hydrogen) atoms. The SMILES string of the molecule is NCC(c1cc(Cl)cc(Cl)c1)N1CCOC2CCCCC21. The highest BCUT2D eigenvalue weighted by Crippen LogP contribution is 2.35. The Morgan fingerprint density at radius 3 is 2.62 bits per heavy atom. The lowest BCUT2D eigenvalue weighted by Gasteiger charge is -2.47. The summed E-state index contributed by atoms with van der Waals surface area (Å²) in [6, 6.07) is 6.37. The zero-order valence-corrected chi connectivity index (χ0v) is 13.6. The summed E-state index contributed by atoms with van der Waals surface area (Å²) in [4.78, 5) is 2.51. The van der Waals surface area contributed by atoms with Crippen molar-refractivity contribution in [3.8, 4) is 0 Å². The molecule has 2 aliphatic rings. The fraction of sp³-hybridized carbons (Fsp3) is 0.625. The van der Waals surface area contributed by atoms with E-state index in [2.05, 4.69) is 4.90 Å². The topological polar surface area (TPSA) is 38.5 Å². The van der Waals surface area contributed by atoms with E-state index in [0.29, 0.717) is 28.7 Å². The van der Waals surface area contributed by atoms with Gasteiger partial charge in [0.25, 0.3) is 0 Å². The summed E-state index contributed by atoms with van der Waals surface area (Å²) >= 11 is 12.3. The normalized spacial score (nSPS) is 28.1. The maximum Gasteiger partial charge on any atom is 0.0731 e. The van der Waals surface area contributed by atoms with E-state index in [4.69, 9.17) is 33.7 Å². The molecule has 1 saturated carbocycles. The van der Waals surface area contributed by atoms with Crippen LogP contribution in [0, 0.1) is 0 Å². The Hall–Kier alpha value is -0.320. The van der Waals surface area contributed by atoms with Crippen LogP contribution in [0.25, 0.3) is 0 Å². The smallest absolute Gasteiger partial charge is 0.0731 e. The van der Waals surface area contributed by atoms with Gasteiger partial charge in [0, 0.05) is 35.2 Å². The van der Waals surface area contributed by atoms with Crippen LogP contribution in [0.4, 0.5) is 0 Å². The van der Waals surface area contributed by atoms with Gasteiger partial charge in [0.05, 0.1) is 12.7 Å². The van der Waals surface area contributed by atoms with Gasteiger partial charge >= 0.3 is 0 Å². The molecule has 1 heterocycles. The van der Waals surface area contributed by atoms with Crippen molar-refractivity contribution in [1.29, 1.82) is 0 Å². The summed E-state index contributed by atoms with van der Waals surface area (Å²) in [5, 5.41) is 1.34. The maximum atomic E-state index is 6.16. The number of morpholine rings is 1. The van der Waals surface area contributed by atoms with Gasteiger partial charge in [0.1, 0.15) is 0 Å². The van der Waals surface area contributed by atoms with Gasteiger partial charge in [-0.05, 0) is 36.6 Å². The molecule has 1 aliphatic carbocycles. The van der Waals surface area contributed by atoms with Gasteiger partial charge in [-0.25, -0.2) is 0 Å². The third-order valence-electron chi connectivity index (χ3n) is 4.67. The summed E-state index contributed by atoms with van der Waals surface area (Å²) in [5.74, 6) is 0. The molecule has 3 rings (SSSR count). The van der Waals surface area contributed by atoms with Crippen molar-refractivity contribution in [2.45, 2.75) is 43.9 Å². The highest BCUT2D eigenvalue weighted by molar-refractivity contribution is 6.34. The number of nitrogens with two attached hydrogens (primary N) is 1. The molecule has 5 heteroatoms. The lowest BCUT2D eigenvalue weighted by atomic mass is 9.88. The highest BCUT2D eigenvalue weighted by atomic mass is 35.5. The van der Waals surface area contributed by atoms with Crippen LogP contribution in [0.5, 0.6) is 0 Å². The van der Waals surface area contributed by atoms with Crippen LogP contribution < -0.4 is 5.73 Å². The molecule has 2 N–H and O–H groups in total. The second-order valence-electron chi connectivity index (χ2n) is 5.95. The van der Waals surface area contributed by atoms with Crippen LogP contribution in [0.1, 0.15) is 37.3 Å². The van der Waals surface area contributed by atoms with Crippen molar-refractivity contribution in [3.05, 3.63) is 33.8 Å². The van der Waals surface area contributed by atoms with Crippen LogP contribution in [0.2, 0.25) is 10.0 Å². The van der Waals surface area contributed by atoms with Gasteiger partial charge in [-0.2, -0.15) is 0 Å². The van der Waals surface area contributed by atoms with Crippen molar-refractivity contribution in [2.24, 2.45) is 5.73 Å². The Balaban J connectivity index is 1.87. The highest BCUT2D eigenvalue weighted by Gasteiger charge is 2.37. The molecule has 1 saturated heterocycles. The summed E-state index contributed by atoms with van der Waals surface area (Å²) in [7, 11) is 0. The molecule has 0 aromatic heterocycles. The van der Waals surface area contributed by atoms with E-state index in [1.165, 1.54) is 19.3 Å². The van der Waals surface area contributed by atoms with E-state index >= 15 is 0 Å². The van der Waals surface area contributed by atoms with Crippen molar-refractivity contribution < 1.29 is 4.74 Å². The fourth-order valence-corrected chi connectivity index (χ4v) is 4.29. The third kappa shape index (κ3) is 3.38. The monoisotopic (exact) mass is 328 g/mol. The van der Waals surface area contributed by atoms with Crippen molar-refractivity contribution >= 4 is 23.2 Å². The molecule has 2 fully saturated rings. The predicted octanol–water partition coefficient (Wildman–Crippen LogP) is 3.64. The molecule has 3 nitrogen and oxygen atoms in total. The first-order chi connectivity index (χ1) is 10.2. The second-order valence-corrected chi connectivity index (χ2v) is 6.83. The van der Waals surface area contributed by atoms with Gasteiger partial charge in [-0.3, -0.25) is 4.90 Å². The Bertz CT molecular complexity index is 475. The lowest BCUT2D eigenvalue weighted by molar-refractivity contribution is -0.102. The zero-order chi connectivity index (χ0) is 14.8.